The Kier molecular flexibility index (Phi) is 38.1. The number of benzene rings is 13. The molecule has 0 fully saturated rings. The van der Waals surface area contributed by atoms with Crippen molar-refractivity contribution in [2.45, 2.75) is 465 Å². The van der Waals surface area contributed by atoms with Gasteiger partial charge in [0.2, 0.25) is 0 Å². The van der Waals surface area contributed by atoms with E-state index in [0.29, 0.717) is 0 Å². The zero-order valence-corrected chi connectivity index (χ0v) is 78.1. The lowest BCUT2D eigenvalue weighted by molar-refractivity contribution is 0.549. The first-order valence-electron chi connectivity index (χ1n) is 52.8. The van der Waals surface area contributed by atoms with E-state index in [0.717, 1.165) is 6.42 Å². The van der Waals surface area contributed by atoms with Crippen LogP contribution in [0.2, 0.25) is 0 Å². The molecular weight excluding hydrogens is 1440 g/mol. The third-order valence-corrected chi connectivity index (χ3v) is 29.9. The molecule has 0 bridgehead atoms. The van der Waals surface area contributed by atoms with E-state index < -0.39 is 0 Å². The van der Waals surface area contributed by atoms with Crippen molar-refractivity contribution in [1.29, 1.82) is 0 Å². The summed E-state index contributed by atoms with van der Waals surface area (Å²) in [6, 6.07) is 45.4. The van der Waals surface area contributed by atoms with Crippen molar-refractivity contribution in [2.75, 3.05) is 0 Å². The van der Waals surface area contributed by atoms with Crippen LogP contribution in [0, 0.1) is 0 Å². The van der Waals surface area contributed by atoms with Gasteiger partial charge in [0.15, 0.2) is 0 Å². The van der Waals surface area contributed by atoms with Gasteiger partial charge in [-0.2, -0.15) is 0 Å². The predicted molar refractivity (Wildman–Crippen MR) is 543 cm³/mol. The van der Waals surface area contributed by atoms with Gasteiger partial charge in [0.1, 0.15) is 0 Å². The molecule has 0 N–H and O–H groups in total. The van der Waals surface area contributed by atoms with E-state index in [9.17, 15) is 0 Å². The zero-order valence-electron chi connectivity index (χ0n) is 78.1. The van der Waals surface area contributed by atoms with Crippen LogP contribution in [0.5, 0.6) is 0 Å². The van der Waals surface area contributed by atoms with E-state index in [4.69, 9.17) is 0 Å². The SMILES string of the molecule is CCCCCCCCCCCCc1ccc2c(c1CCCCCCCCCCCC)c1c3c(CCCCCCCCCCCC)c(CCCCCCCCCCCC)c(CCCCCCCCCCCC)c(CCCCCCCCCCCC)c3c3c4ccccc4c4c5ccccc5c5c6ccccc6c6c7ccccc7c2c2c6c5c4c3c12. The van der Waals surface area contributed by atoms with Crippen LogP contribution in [0.1, 0.15) is 460 Å². The summed E-state index contributed by atoms with van der Waals surface area (Å²) in [5, 5.41) is 37.0. The van der Waals surface area contributed by atoms with Crippen molar-refractivity contribution >= 4 is 129 Å². The molecule has 0 aliphatic carbocycles. The van der Waals surface area contributed by atoms with Crippen molar-refractivity contribution in [3.63, 3.8) is 0 Å². The number of hydrogen-bond donors (Lipinski definition) is 0. The fourth-order valence-corrected chi connectivity index (χ4v) is 23.5. The third kappa shape index (κ3) is 22.5. The lowest BCUT2D eigenvalue weighted by Crippen LogP contribution is -2.11. The third-order valence-electron chi connectivity index (χ3n) is 29.9. The zero-order chi connectivity index (χ0) is 82.7. The average Bonchev–Trinajstić information content (AvgIpc) is 0.644. The molecular formula is C120H168. The highest BCUT2D eigenvalue weighted by Crippen LogP contribution is 2.61. The summed E-state index contributed by atoms with van der Waals surface area (Å²) >= 11 is 0. The Balaban J connectivity index is 1.14. The Bertz CT molecular complexity index is 5130. The maximum Gasteiger partial charge on any atom is -0.0000264 e. The molecule has 0 atom stereocenters. The van der Waals surface area contributed by atoms with Crippen molar-refractivity contribution in [3.05, 3.63) is 143 Å². The van der Waals surface area contributed by atoms with E-state index >= 15 is 0 Å². The summed E-state index contributed by atoms with van der Waals surface area (Å²) < 4.78 is 0. The van der Waals surface area contributed by atoms with E-state index in [1.165, 1.54) is 487 Å². The molecule has 0 nitrogen and oxygen atoms in total. The monoisotopic (exact) mass is 1610 g/mol. The Morgan fingerprint density at radius 1 is 0.117 bits per heavy atom. The van der Waals surface area contributed by atoms with Crippen molar-refractivity contribution in [2.24, 2.45) is 0 Å². The topological polar surface area (TPSA) is 0 Å². The second-order valence-electron chi connectivity index (χ2n) is 39.1. The number of fused-ring (bicyclic) bond motifs is 18. The maximum absolute atomic E-state index is 2.80. The lowest BCUT2D eigenvalue weighted by atomic mass is 9.71. The fraction of sp³-hybridized carbons (Fsp3) is 0.600. The first-order chi connectivity index (χ1) is 59.6. The van der Waals surface area contributed by atoms with Gasteiger partial charge >= 0.3 is 0 Å². The Morgan fingerprint density at radius 3 is 0.550 bits per heavy atom. The highest BCUT2D eigenvalue weighted by Gasteiger charge is 2.34. The number of hydrogen-bond acceptors (Lipinski definition) is 0. The van der Waals surface area contributed by atoms with Gasteiger partial charge in [-0.25, -0.2) is 0 Å². The van der Waals surface area contributed by atoms with Crippen molar-refractivity contribution < 1.29 is 0 Å². The minimum absolute atomic E-state index is 1.16. The van der Waals surface area contributed by atoms with E-state index in [1.54, 1.807) is 75.9 Å². The van der Waals surface area contributed by atoms with E-state index in [2.05, 4.69) is 151 Å². The quantitative estimate of drug-likeness (QED) is 0.0202. The summed E-state index contributed by atoms with van der Waals surface area (Å²) in [6.45, 7) is 14.2. The number of unbranched alkanes of at least 4 members (excludes halogenated alkanes) is 54. The summed E-state index contributed by atoms with van der Waals surface area (Å²) in [4.78, 5) is 0. The Labute approximate surface area is 732 Å². The molecule has 0 amide bonds. The van der Waals surface area contributed by atoms with Crippen LogP contribution >= 0.6 is 0 Å². The molecule has 0 spiro atoms. The van der Waals surface area contributed by atoms with Gasteiger partial charge in [-0.1, -0.05) is 497 Å². The molecule has 0 radical (unpaired) electrons. The first-order valence-corrected chi connectivity index (χ1v) is 52.8. The van der Waals surface area contributed by atoms with Crippen LogP contribution in [0.3, 0.4) is 0 Å². The largest absolute Gasteiger partial charge is 0.0654 e. The molecule has 0 aromatic heterocycles. The maximum atomic E-state index is 2.80. The molecule has 13 aromatic carbocycles. The summed E-state index contributed by atoms with van der Waals surface area (Å²) in [6.07, 6.45) is 89.6. The molecule has 0 aliphatic rings. The van der Waals surface area contributed by atoms with Gasteiger partial charge in [-0.05, 0) is 240 Å². The fourth-order valence-electron chi connectivity index (χ4n) is 23.5. The van der Waals surface area contributed by atoms with Gasteiger partial charge in [0, 0.05) is 0 Å². The van der Waals surface area contributed by atoms with Gasteiger partial charge < -0.3 is 0 Å². The number of rotatable bonds is 66. The summed E-state index contributed by atoms with van der Waals surface area (Å²) in [7, 11) is 0. The molecule has 0 unspecified atom stereocenters. The lowest BCUT2D eigenvalue weighted by Gasteiger charge is -2.31. The highest BCUT2D eigenvalue weighted by molar-refractivity contribution is 6.61. The van der Waals surface area contributed by atoms with Crippen LogP contribution in [-0.2, 0) is 38.5 Å². The normalized spacial score (nSPS) is 12.4. The molecule has 13 aromatic rings. The molecule has 120 heavy (non-hydrogen) atoms. The van der Waals surface area contributed by atoms with Crippen LogP contribution < -0.4 is 0 Å². The van der Waals surface area contributed by atoms with Crippen LogP contribution in [0.4, 0.5) is 0 Å². The highest BCUT2D eigenvalue weighted by atomic mass is 14.4. The van der Waals surface area contributed by atoms with Crippen LogP contribution in [0.15, 0.2) is 109 Å². The van der Waals surface area contributed by atoms with Crippen molar-refractivity contribution in [1.82, 2.24) is 0 Å². The molecule has 0 saturated heterocycles. The van der Waals surface area contributed by atoms with Gasteiger partial charge in [-0.15, -0.1) is 0 Å². The Morgan fingerprint density at radius 2 is 0.292 bits per heavy atom. The molecule has 0 heteroatoms. The Hall–Kier alpha value is -6.24. The second-order valence-corrected chi connectivity index (χ2v) is 39.1. The second kappa shape index (κ2) is 50.0. The molecule has 0 heterocycles. The molecule has 13 rings (SSSR count). The van der Waals surface area contributed by atoms with Gasteiger partial charge in [0.25, 0.3) is 0 Å². The summed E-state index contributed by atoms with van der Waals surface area (Å²) in [5.74, 6) is 0. The predicted octanol–water partition coefficient (Wildman–Crippen LogP) is 40.6. The van der Waals surface area contributed by atoms with Crippen LogP contribution in [-0.4, -0.2) is 0 Å². The molecule has 648 valence electrons. The van der Waals surface area contributed by atoms with E-state index in [1.807, 2.05) is 16.7 Å². The van der Waals surface area contributed by atoms with Gasteiger partial charge in [-0.3, -0.25) is 0 Å². The van der Waals surface area contributed by atoms with Gasteiger partial charge in [0.05, 0.1) is 0 Å². The minimum Gasteiger partial charge on any atom is -0.0654 e. The van der Waals surface area contributed by atoms with E-state index in [-0.39, 0.29) is 0 Å². The standard InChI is InChI=1S/C120H168/c1-7-13-19-25-31-37-43-49-55-61-75-91-89-90-105-106(92(91)76-62-56-50-44-38-32-26-20-14-8-2)114-112-96(80-66-60-54-48-42-36-30-24-18-12-6)94(78-64-58-52-46-40-34-28-22-16-10-4)93(77-63-57-51-45-39-33-27-21-15-9-3)95(79-65-59-53-47-41-35-29-23-17-11-5)111(112)113-104-88-74-73-87-103(104)109-100-84-70-69-83-99(100)107-97-81-67-68-82-98(97)108-101-85-71-72-86-102(101)110(105)118-116(108)115(107)117(109)119(113)120(114)118/h67-74,81-90H,7-66,75-80H2,1-6H3. The minimum atomic E-state index is 1.16. The average molecular weight is 1610 g/mol. The van der Waals surface area contributed by atoms with Crippen LogP contribution in [0.25, 0.3) is 129 Å². The first kappa shape index (κ1) is 91.5. The number of aryl methyl sites for hydroxylation is 4. The summed E-state index contributed by atoms with van der Waals surface area (Å²) in [5.41, 5.74) is 10.7. The smallest absolute Gasteiger partial charge is 0.0000264 e. The molecule has 0 aliphatic heterocycles. The van der Waals surface area contributed by atoms with Crippen molar-refractivity contribution in [3.8, 4) is 0 Å². The molecule has 0 saturated carbocycles.